The Bertz CT molecular complexity index is 1490. The maximum atomic E-state index is 11.2. The normalized spacial score (nSPS) is 11.6. The molecule has 0 fully saturated rings. The van der Waals surface area contributed by atoms with Crippen molar-refractivity contribution in [3.63, 3.8) is 0 Å². The molecule has 4 aromatic rings. The number of halogens is 1. The number of hydrogen-bond donors (Lipinski definition) is 2. The van der Waals surface area contributed by atoms with E-state index >= 15 is 0 Å². The van der Waals surface area contributed by atoms with Crippen molar-refractivity contribution in [3.8, 4) is 5.69 Å². The van der Waals surface area contributed by atoms with E-state index in [0.29, 0.717) is 0 Å². The summed E-state index contributed by atoms with van der Waals surface area (Å²) in [6.45, 7) is 7.47. The van der Waals surface area contributed by atoms with Crippen LogP contribution in [0.4, 0.5) is 0 Å². The van der Waals surface area contributed by atoms with Crippen molar-refractivity contribution in [1.29, 1.82) is 0 Å². The summed E-state index contributed by atoms with van der Waals surface area (Å²) in [6, 6.07) is 15.4. The van der Waals surface area contributed by atoms with Crippen LogP contribution in [0.15, 0.2) is 78.2 Å². The van der Waals surface area contributed by atoms with Crippen molar-refractivity contribution in [2.45, 2.75) is 38.7 Å². The van der Waals surface area contributed by atoms with Gasteiger partial charge in [-0.15, -0.1) is 0 Å². The van der Waals surface area contributed by atoms with E-state index in [1.54, 1.807) is 36.8 Å². The Hall–Kier alpha value is -2.50. The van der Waals surface area contributed by atoms with E-state index in [1.807, 2.05) is 56.7 Å². The van der Waals surface area contributed by atoms with Crippen molar-refractivity contribution in [2.75, 3.05) is 0 Å². The van der Waals surface area contributed by atoms with Crippen LogP contribution >= 0.6 is 11.8 Å². The number of carboxylic acids is 1. The third-order valence-corrected chi connectivity index (χ3v) is 7.48. The molecule has 11 heteroatoms. The molecule has 3 aromatic carbocycles. The van der Waals surface area contributed by atoms with Crippen molar-refractivity contribution in [3.05, 3.63) is 117 Å². The fraction of sp³-hybridized carbons (Fsp3) is 0.185. The van der Waals surface area contributed by atoms with Crippen LogP contribution < -0.4 is 29.6 Å². The molecule has 1 aromatic heterocycles. The van der Waals surface area contributed by atoms with Crippen LogP contribution in [0.2, 0.25) is 0 Å². The standard InChI is InChI=1S/C20H20N2O3.C7H7ClNO2S.Na/c1-12-4-5-16(22-7-6-21-11-22)10-17(12)19(23)18-13(2)8-15(20(24)25)9-14(18)3;1-6-2-4-7(5-3-6)12(10,11)9-8;/h4-11,19,23H,1-3H3,(H,24,25);2-5H,1H3;/q;-1;+1. The number of aromatic nitrogens is 2. The van der Waals surface area contributed by atoms with Crippen LogP contribution in [0.5, 0.6) is 0 Å². The maximum Gasteiger partial charge on any atom is 1.00 e. The van der Waals surface area contributed by atoms with Crippen LogP contribution in [-0.2, 0) is 10.0 Å². The minimum absolute atomic E-state index is 0. The molecule has 0 aliphatic heterocycles. The van der Waals surface area contributed by atoms with Gasteiger partial charge in [0.2, 0.25) is 0 Å². The average molecular weight is 564 g/mol. The number of nitrogens with zero attached hydrogens (tertiary/aromatic N) is 3. The molecule has 1 atom stereocenters. The van der Waals surface area contributed by atoms with E-state index in [-0.39, 0.29) is 40.0 Å². The SMILES string of the molecule is Cc1ccc(-n2ccnc2)cc1C(O)c1c(C)cc(C(=O)O)cc1C.Cc1ccc(S(=O)(=O)[N-]Cl)cc1.[Na+]. The number of aliphatic hydroxyl groups is 1. The molecule has 0 saturated heterocycles. The van der Waals surface area contributed by atoms with E-state index in [2.05, 4.69) is 9.23 Å². The summed E-state index contributed by atoms with van der Waals surface area (Å²) in [6.07, 6.45) is 4.43. The van der Waals surface area contributed by atoms with Crippen molar-refractivity contribution >= 4 is 27.8 Å². The Morgan fingerprint density at radius 2 is 1.58 bits per heavy atom. The summed E-state index contributed by atoms with van der Waals surface area (Å²) in [7, 11) is -3.62. The number of imidazole rings is 1. The van der Waals surface area contributed by atoms with Crippen LogP contribution in [-0.4, -0.2) is 34.2 Å². The number of aliphatic hydroxyl groups excluding tert-OH is 1. The van der Waals surface area contributed by atoms with Crippen molar-refractivity contribution in [2.24, 2.45) is 0 Å². The summed E-state index contributed by atoms with van der Waals surface area (Å²) in [5.41, 5.74) is 6.16. The molecule has 0 saturated carbocycles. The fourth-order valence-corrected chi connectivity index (χ4v) is 4.73. The van der Waals surface area contributed by atoms with Crippen LogP contribution in [0, 0.1) is 27.7 Å². The fourth-order valence-electron chi connectivity index (χ4n) is 3.93. The summed E-state index contributed by atoms with van der Waals surface area (Å²) >= 11 is 4.90. The van der Waals surface area contributed by atoms with Gasteiger partial charge in [0.05, 0.1) is 11.9 Å². The second-order valence-corrected chi connectivity index (χ2v) is 10.6. The summed E-state index contributed by atoms with van der Waals surface area (Å²) in [5.74, 6) is -0.967. The molecule has 0 aliphatic rings. The van der Waals surface area contributed by atoms with Crippen LogP contribution in [0.25, 0.3) is 9.93 Å². The first-order chi connectivity index (χ1) is 17.4. The zero-order valence-electron chi connectivity index (χ0n) is 21.8. The molecule has 4 rings (SSSR count). The number of hydrogen-bond acceptors (Lipinski definition) is 5. The van der Waals surface area contributed by atoms with Crippen LogP contribution in [0.1, 0.15) is 49.8 Å². The van der Waals surface area contributed by atoms with Gasteiger partial charge in [-0.1, -0.05) is 23.8 Å². The Morgan fingerprint density at radius 1 is 0.974 bits per heavy atom. The minimum atomic E-state index is -3.62. The topological polar surface area (TPSA) is 124 Å². The van der Waals surface area contributed by atoms with Gasteiger partial charge in [-0.25, -0.2) is 18.2 Å². The van der Waals surface area contributed by atoms with E-state index in [0.717, 1.165) is 39.1 Å². The maximum absolute atomic E-state index is 11.2. The number of sulfonamides is 1. The monoisotopic (exact) mass is 563 g/mol. The first kappa shape index (κ1) is 31.7. The molecule has 0 spiro atoms. The van der Waals surface area contributed by atoms with Gasteiger partial charge in [0.1, 0.15) is 16.1 Å². The number of aromatic carboxylic acids is 1. The summed E-state index contributed by atoms with van der Waals surface area (Å²) in [5, 5.41) is 20.2. The zero-order chi connectivity index (χ0) is 27.3. The first-order valence-corrected chi connectivity index (χ1v) is 13.0. The number of carboxylic acid groups (broad SMARTS) is 1. The molecule has 1 heterocycles. The molecule has 2 N–H and O–H groups in total. The van der Waals surface area contributed by atoms with Crippen molar-refractivity contribution in [1.82, 2.24) is 9.55 Å². The number of rotatable bonds is 6. The third kappa shape index (κ3) is 7.54. The zero-order valence-corrected chi connectivity index (χ0v) is 25.3. The smallest absolute Gasteiger partial charge is 0.478 e. The largest absolute Gasteiger partial charge is 1.00 e. The molecular weight excluding hydrogens is 537 g/mol. The van der Waals surface area contributed by atoms with Crippen LogP contribution in [0.3, 0.4) is 0 Å². The van der Waals surface area contributed by atoms with Gasteiger partial charge in [0, 0.05) is 23.0 Å². The summed E-state index contributed by atoms with van der Waals surface area (Å²) < 4.78 is 26.7. The molecule has 194 valence electrons. The van der Waals surface area contributed by atoms with Gasteiger partial charge >= 0.3 is 35.5 Å². The molecule has 38 heavy (non-hydrogen) atoms. The minimum Gasteiger partial charge on any atom is -0.478 e. The number of aryl methyl sites for hydroxylation is 4. The van der Waals surface area contributed by atoms with E-state index in [4.69, 9.17) is 11.8 Å². The molecule has 0 aliphatic carbocycles. The van der Waals surface area contributed by atoms with E-state index < -0.39 is 22.1 Å². The van der Waals surface area contributed by atoms with Gasteiger partial charge in [-0.05, 0) is 91.9 Å². The predicted molar refractivity (Wildman–Crippen MR) is 143 cm³/mol. The predicted octanol–water partition coefficient (Wildman–Crippen LogP) is 2.79. The molecule has 0 amide bonds. The first-order valence-electron chi connectivity index (χ1n) is 11.2. The van der Waals surface area contributed by atoms with E-state index in [1.165, 1.54) is 12.1 Å². The van der Waals surface area contributed by atoms with E-state index in [9.17, 15) is 23.4 Å². The second kappa shape index (κ2) is 13.5. The third-order valence-electron chi connectivity index (χ3n) is 5.88. The Morgan fingerprint density at radius 3 is 2.08 bits per heavy atom. The van der Waals surface area contributed by atoms with Gasteiger partial charge in [-0.3, -0.25) is 11.8 Å². The Kier molecular flexibility index (Phi) is 11.3. The molecule has 0 radical (unpaired) electrons. The van der Waals surface area contributed by atoms with Gasteiger partial charge in [0.15, 0.2) is 0 Å². The molecule has 1 unspecified atom stereocenters. The molecule has 0 bridgehead atoms. The quantitative estimate of drug-likeness (QED) is 0.348. The van der Waals surface area contributed by atoms with Gasteiger partial charge < -0.3 is 19.0 Å². The van der Waals surface area contributed by atoms with Crippen molar-refractivity contribution < 1.29 is 53.0 Å². The van der Waals surface area contributed by atoms with Gasteiger partial charge in [-0.2, -0.15) is 0 Å². The Balaban J connectivity index is 0.000000330. The number of benzene rings is 3. The second-order valence-electron chi connectivity index (χ2n) is 8.60. The molecular formula is C27H27ClN3NaO5S. The average Bonchev–Trinajstić information content (AvgIpc) is 3.39. The molecule has 8 nitrogen and oxygen atoms in total. The number of carbonyl (C=O) groups is 1. The van der Waals surface area contributed by atoms with Gasteiger partial charge in [0.25, 0.3) is 0 Å². The Labute approximate surface area is 249 Å². The summed E-state index contributed by atoms with van der Waals surface area (Å²) in [4.78, 5) is 15.4.